The van der Waals surface area contributed by atoms with Crippen molar-refractivity contribution in [3.63, 3.8) is 0 Å². The molecule has 1 fully saturated rings. The molecule has 1 atom stereocenters. The van der Waals surface area contributed by atoms with E-state index in [4.69, 9.17) is 9.47 Å². The second kappa shape index (κ2) is 7.28. The van der Waals surface area contributed by atoms with Gasteiger partial charge in [-0.05, 0) is 48.7 Å². The lowest BCUT2D eigenvalue weighted by molar-refractivity contribution is -0.126. The van der Waals surface area contributed by atoms with Gasteiger partial charge in [0, 0.05) is 12.6 Å². The molecule has 1 unspecified atom stereocenters. The summed E-state index contributed by atoms with van der Waals surface area (Å²) in [5.41, 5.74) is 2.07. The highest BCUT2D eigenvalue weighted by Crippen LogP contribution is 2.38. The first-order chi connectivity index (χ1) is 13.8. The average molecular weight is 392 g/mol. The molecule has 0 aliphatic carbocycles. The van der Waals surface area contributed by atoms with Crippen molar-refractivity contribution in [3.05, 3.63) is 59.1 Å². The topological polar surface area (TPSA) is 51.7 Å². The fourth-order valence-electron chi connectivity index (χ4n) is 3.84. The van der Waals surface area contributed by atoms with E-state index >= 15 is 0 Å². The van der Waals surface area contributed by atoms with E-state index in [2.05, 4.69) is 4.98 Å². The molecular weight excluding hydrogens is 372 g/mol. The summed E-state index contributed by atoms with van der Waals surface area (Å²) in [5.74, 6) is 1.58. The van der Waals surface area contributed by atoms with Crippen molar-refractivity contribution >= 4 is 33.5 Å². The minimum Gasteiger partial charge on any atom is -0.486 e. The Hall–Kier alpha value is -2.86. The smallest absolute Gasteiger partial charge is 0.247 e. The normalized spacial score (nSPS) is 18.9. The molecule has 2 aromatic carbocycles. The Morgan fingerprint density at radius 1 is 1.14 bits per heavy atom. The van der Waals surface area contributed by atoms with E-state index in [0.717, 1.165) is 51.7 Å². The number of para-hydroxylation sites is 1. The Labute approximate surface area is 167 Å². The van der Waals surface area contributed by atoms with Crippen LogP contribution >= 0.6 is 11.3 Å². The Morgan fingerprint density at radius 3 is 2.89 bits per heavy atom. The summed E-state index contributed by atoms with van der Waals surface area (Å²) >= 11 is 1.60. The van der Waals surface area contributed by atoms with Crippen LogP contribution in [0.1, 0.15) is 29.5 Å². The number of fused-ring (bicyclic) bond motifs is 2. The lowest BCUT2D eigenvalue weighted by Gasteiger charge is -2.26. The van der Waals surface area contributed by atoms with Gasteiger partial charge in [-0.1, -0.05) is 18.2 Å². The van der Waals surface area contributed by atoms with Crippen LogP contribution in [0.25, 0.3) is 16.3 Å². The Balaban J connectivity index is 1.35. The van der Waals surface area contributed by atoms with Crippen molar-refractivity contribution < 1.29 is 14.3 Å². The molecule has 6 heteroatoms. The van der Waals surface area contributed by atoms with E-state index in [1.165, 1.54) is 0 Å². The maximum Gasteiger partial charge on any atom is 0.247 e. The minimum absolute atomic E-state index is 0.0247. The Bertz CT molecular complexity index is 1030. The number of aromatic nitrogens is 1. The molecule has 0 spiro atoms. The van der Waals surface area contributed by atoms with Gasteiger partial charge in [-0.2, -0.15) is 0 Å². The number of carbonyl (C=O) groups is 1. The summed E-state index contributed by atoms with van der Waals surface area (Å²) in [6, 6.07) is 14.1. The van der Waals surface area contributed by atoms with Crippen LogP contribution in [0.4, 0.5) is 0 Å². The first kappa shape index (κ1) is 17.3. The van der Waals surface area contributed by atoms with E-state index in [1.54, 1.807) is 17.4 Å². The van der Waals surface area contributed by atoms with Gasteiger partial charge in [-0.25, -0.2) is 4.98 Å². The van der Waals surface area contributed by atoms with E-state index < -0.39 is 0 Å². The molecule has 1 amide bonds. The molecule has 142 valence electrons. The second-order valence-corrected chi connectivity index (χ2v) is 8.01. The lowest BCUT2D eigenvalue weighted by Crippen LogP contribution is -2.29. The maximum absolute atomic E-state index is 12.9. The van der Waals surface area contributed by atoms with Crippen molar-refractivity contribution in [2.75, 3.05) is 19.8 Å². The third-order valence-electron chi connectivity index (χ3n) is 5.17. The van der Waals surface area contributed by atoms with Gasteiger partial charge in [0.05, 0.1) is 16.3 Å². The van der Waals surface area contributed by atoms with Crippen LogP contribution in [-0.4, -0.2) is 35.5 Å². The van der Waals surface area contributed by atoms with Crippen LogP contribution in [0.5, 0.6) is 11.5 Å². The first-order valence-electron chi connectivity index (χ1n) is 9.52. The van der Waals surface area contributed by atoms with E-state index in [1.807, 2.05) is 53.4 Å². The molecule has 0 saturated carbocycles. The molecule has 0 N–H and O–H groups in total. The number of rotatable bonds is 3. The van der Waals surface area contributed by atoms with Gasteiger partial charge in [0.15, 0.2) is 11.5 Å². The van der Waals surface area contributed by atoms with Gasteiger partial charge < -0.3 is 14.4 Å². The molecule has 5 nitrogen and oxygen atoms in total. The highest BCUT2D eigenvalue weighted by molar-refractivity contribution is 7.19. The monoisotopic (exact) mass is 392 g/mol. The van der Waals surface area contributed by atoms with Crippen molar-refractivity contribution in [2.24, 2.45) is 0 Å². The molecule has 2 aliphatic rings. The summed E-state index contributed by atoms with van der Waals surface area (Å²) < 4.78 is 12.4. The average Bonchev–Trinajstić information content (AvgIpc) is 3.38. The molecule has 3 heterocycles. The Morgan fingerprint density at radius 2 is 2.00 bits per heavy atom. The fourth-order valence-corrected chi connectivity index (χ4v) is 4.71. The third-order valence-corrected chi connectivity index (χ3v) is 6.17. The van der Waals surface area contributed by atoms with Crippen LogP contribution < -0.4 is 9.47 Å². The Kier molecular flexibility index (Phi) is 4.49. The predicted octanol–water partition coefficient (Wildman–Crippen LogP) is 4.44. The minimum atomic E-state index is 0.0247. The van der Waals surface area contributed by atoms with Crippen LogP contribution in [-0.2, 0) is 4.79 Å². The maximum atomic E-state index is 12.9. The zero-order valence-electron chi connectivity index (χ0n) is 15.3. The van der Waals surface area contributed by atoms with Crippen LogP contribution in [0.3, 0.4) is 0 Å². The molecule has 5 rings (SSSR count). The highest BCUT2D eigenvalue weighted by Gasteiger charge is 2.29. The predicted molar refractivity (Wildman–Crippen MR) is 110 cm³/mol. The van der Waals surface area contributed by atoms with Crippen molar-refractivity contribution in [3.8, 4) is 11.5 Å². The molecule has 28 heavy (non-hydrogen) atoms. The van der Waals surface area contributed by atoms with Crippen molar-refractivity contribution in [1.29, 1.82) is 0 Å². The highest BCUT2D eigenvalue weighted by atomic mass is 32.1. The quantitative estimate of drug-likeness (QED) is 0.618. The number of nitrogens with zero attached hydrogens (tertiary/aromatic N) is 2. The van der Waals surface area contributed by atoms with Crippen LogP contribution in [0.15, 0.2) is 48.5 Å². The standard InChI is InChI=1S/C22H20N2O3S/c25-22(10-9-21-23-16-4-1-2-6-20(16)28-21)24-11-3-5-17(24)15-7-8-18-19(14-15)27-13-12-26-18/h1-2,4,6-10,14,17H,3,5,11-13H2/b10-9+. The lowest BCUT2D eigenvalue weighted by atomic mass is 10.0. The van der Waals surface area contributed by atoms with Crippen molar-refractivity contribution in [2.45, 2.75) is 18.9 Å². The molecule has 3 aromatic rings. The third kappa shape index (κ3) is 3.24. The largest absolute Gasteiger partial charge is 0.486 e. The van der Waals surface area contributed by atoms with Crippen LogP contribution in [0, 0.1) is 0 Å². The van der Waals surface area contributed by atoms with E-state index in [-0.39, 0.29) is 11.9 Å². The molecule has 2 aliphatic heterocycles. The van der Waals surface area contributed by atoms with Gasteiger partial charge in [-0.3, -0.25) is 4.79 Å². The van der Waals surface area contributed by atoms with Gasteiger partial charge in [-0.15, -0.1) is 11.3 Å². The number of ether oxygens (including phenoxy) is 2. The van der Waals surface area contributed by atoms with E-state index in [9.17, 15) is 4.79 Å². The summed E-state index contributed by atoms with van der Waals surface area (Å²) in [7, 11) is 0. The van der Waals surface area contributed by atoms with Crippen LogP contribution in [0.2, 0.25) is 0 Å². The van der Waals surface area contributed by atoms with Gasteiger partial charge in [0.25, 0.3) is 0 Å². The molecular formula is C22H20N2O3S. The molecule has 1 aromatic heterocycles. The second-order valence-electron chi connectivity index (χ2n) is 6.95. The number of hydrogen-bond acceptors (Lipinski definition) is 5. The number of benzene rings is 2. The summed E-state index contributed by atoms with van der Waals surface area (Å²) in [5, 5.41) is 0.852. The van der Waals surface area contributed by atoms with Crippen molar-refractivity contribution in [1.82, 2.24) is 9.88 Å². The molecule has 0 radical (unpaired) electrons. The number of carbonyl (C=O) groups excluding carboxylic acids is 1. The molecule has 0 bridgehead atoms. The zero-order chi connectivity index (χ0) is 18.9. The molecule has 1 saturated heterocycles. The number of thiazole rings is 1. The zero-order valence-corrected chi connectivity index (χ0v) is 16.2. The van der Waals surface area contributed by atoms with E-state index in [0.29, 0.717) is 13.2 Å². The summed E-state index contributed by atoms with van der Waals surface area (Å²) in [6.07, 6.45) is 5.43. The summed E-state index contributed by atoms with van der Waals surface area (Å²) in [4.78, 5) is 19.4. The van der Waals surface area contributed by atoms with Gasteiger partial charge in [0.1, 0.15) is 18.2 Å². The number of amides is 1. The number of hydrogen-bond donors (Lipinski definition) is 0. The summed E-state index contributed by atoms with van der Waals surface area (Å²) in [6.45, 7) is 1.91. The number of likely N-dealkylation sites (tertiary alicyclic amines) is 1. The van der Waals surface area contributed by atoms with Gasteiger partial charge in [0.2, 0.25) is 5.91 Å². The fraction of sp³-hybridized carbons (Fsp3) is 0.273. The van der Waals surface area contributed by atoms with Gasteiger partial charge >= 0.3 is 0 Å². The SMILES string of the molecule is O=C(/C=C/c1nc2ccccc2s1)N1CCCC1c1ccc2c(c1)OCCO2. The first-order valence-corrected chi connectivity index (χ1v) is 10.3.